The van der Waals surface area contributed by atoms with Crippen molar-refractivity contribution in [2.45, 2.75) is 13.0 Å². The van der Waals surface area contributed by atoms with Crippen LogP contribution in [-0.4, -0.2) is 14.5 Å². The molecule has 0 atom stereocenters. The lowest BCUT2D eigenvalue weighted by molar-refractivity contribution is 0.744. The van der Waals surface area contributed by atoms with Crippen molar-refractivity contribution < 1.29 is 0 Å². The first-order valence-electron chi connectivity index (χ1n) is 8.87. The van der Waals surface area contributed by atoms with Crippen molar-refractivity contribution >= 4 is 45.1 Å². The molecule has 0 aliphatic heterocycles. The molecule has 2 aromatic carbocycles. The van der Waals surface area contributed by atoms with E-state index in [0.717, 1.165) is 16.5 Å². The van der Waals surface area contributed by atoms with E-state index in [1.165, 1.54) is 0 Å². The maximum atomic E-state index is 12.4. The number of halogens is 1. The van der Waals surface area contributed by atoms with E-state index in [1.54, 1.807) is 24.3 Å². The summed E-state index contributed by atoms with van der Waals surface area (Å²) in [5, 5.41) is 20.4. The first kappa shape index (κ1) is 18.5. The number of aryl methyl sites for hydroxylation is 1. The van der Waals surface area contributed by atoms with Crippen LogP contribution in [0.3, 0.4) is 0 Å². The molecule has 0 saturated heterocycles. The summed E-state index contributed by atoms with van der Waals surface area (Å²) in [5.41, 5.74) is 2.10. The Kier molecular flexibility index (Phi) is 4.87. The first-order valence-corrected chi connectivity index (χ1v) is 9.25. The Morgan fingerprint density at radius 3 is 2.83 bits per heavy atom. The quantitative estimate of drug-likeness (QED) is 0.510. The molecule has 140 valence electrons. The van der Waals surface area contributed by atoms with Crippen LogP contribution in [0.5, 0.6) is 0 Å². The van der Waals surface area contributed by atoms with E-state index in [4.69, 9.17) is 16.9 Å². The highest BCUT2D eigenvalue weighted by Crippen LogP contribution is 2.26. The Bertz CT molecular complexity index is 1420. The molecule has 2 aromatic heterocycles. The molecule has 0 aliphatic carbocycles. The molecule has 7 heteroatoms. The summed E-state index contributed by atoms with van der Waals surface area (Å²) in [7, 11) is 0. The fraction of sp³-hybridized carbons (Fsp3) is 0.0909. The van der Waals surface area contributed by atoms with Crippen LogP contribution in [0.4, 0.5) is 0 Å². The number of hydrogen-bond acceptors (Lipinski definition) is 4. The SMILES string of the molecule is N#CCCn1cc(/C=C(\C#N)c2nc3cc(Cl)ccc3c(=O)[nH]2)c2ccccc21. The fourth-order valence-corrected chi connectivity index (χ4v) is 3.46. The Morgan fingerprint density at radius 2 is 2.03 bits per heavy atom. The predicted molar refractivity (Wildman–Crippen MR) is 113 cm³/mol. The van der Waals surface area contributed by atoms with Gasteiger partial charge in [0.2, 0.25) is 0 Å². The van der Waals surface area contributed by atoms with Gasteiger partial charge in [-0.2, -0.15) is 10.5 Å². The lowest BCUT2D eigenvalue weighted by Gasteiger charge is -2.02. The minimum atomic E-state index is -0.334. The number of nitriles is 2. The highest BCUT2D eigenvalue weighted by atomic mass is 35.5. The smallest absolute Gasteiger partial charge is 0.259 e. The maximum absolute atomic E-state index is 12.4. The molecular weight excluding hydrogens is 386 g/mol. The summed E-state index contributed by atoms with van der Waals surface area (Å²) in [6.45, 7) is 0.552. The van der Waals surface area contributed by atoms with Gasteiger partial charge in [-0.05, 0) is 30.3 Å². The molecule has 4 rings (SSSR count). The minimum absolute atomic E-state index is 0.182. The van der Waals surface area contributed by atoms with E-state index in [9.17, 15) is 10.1 Å². The molecule has 1 N–H and O–H groups in total. The van der Waals surface area contributed by atoms with Crippen LogP contribution in [0.1, 0.15) is 17.8 Å². The second-order valence-electron chi connectivity index (χ2n) is 6.45. The number of nitrogens with one attached hydrogen (secondary N) is 1. The van der Waals surface area contributed by atoms with Gasteiger partial charge in [0.1, 0.15) is 6.07 Å². The molecule has 0 aliphatic rings. The molecule has 0 unspecified atom stereocenters. The Morgan fingerprint density at radius 1 is 1.21 bits per heavy atom. The third kappa shape index (κ3) is 3.50. The number of fused-ring (bicyclic) bond motifs is 2. The highest BCUT2D eigenvalue weighted by Gasteiger charge is 2.12. The largest absolute Gasteiger partial charge is 0.346 e. The van der Waals surface area contributed by atoms with Crippen LogP contribution in [0.2, 0.25) is 5.02 Å². The van der Waals surface area contributed by atoms with Crippen LogP contribution in [0.15, 0.2) is 53.5 Å². The molecule has 0 amide bonds. The van der Waals surface area contributed by atoms with Gasteiger partial charge >= 0.3 is 0 Å². The zero-order valence-electron chi connectivity index (χ0n) is 15.2. The number of hydrogen-bond donors (Lipinski definition) is 1. The van der Waals surface area contributed by atoms with Gasteiger partial charge in [-0.3, -0.25) is 4.79 Å². The molecule has 0 bridgehead atoms. The third-order valence-electron chi connectivity index (χ3n) is 4.63. The van der Waals surface area contributed by atoms with Gasteiger partial charge in [0, 0.05) is 34.2 Å². The summed E-state index contributed by atoms with van der Waals surface area (Å²) in [6.07, 6.45) is 3.97. The van der Waals surface area contributed by atoms with Crippen molar-refractivity contribution in [1.29, 1.82) is 10.5 Å². The van der Waals surface area contributed by atoms with Gasteiger partial charge < -0.3 is 9.55 Å². The van der Waals surface area contributed by atoms with Crippen molar-refractivity contribution in [3.05, 3.63) is 75.4 Å². The van der Waals surface area contributed by atoms with E-state index < -0.39 is 0 Å². The van der Waals surface area contributed by atoms with Crippen LogP contribution >= 0.6 is 11.6 Å². The minimum Gasteiger partial charge on any atom is -0.346 e. The van der Waals surface area contributed by atoms with Crippen molar-refractivity contribution in [3.63, 3.8) is 0 Å². The average molecular weight is 400 g/mol. The van der Waals surface area contributed by atoms with Crippen molar-refractivity contribution in [3.8, 4) is 12.1 Å². The van der Waals surface area contributed by atoms with Crippen molar-refractivity contribution in [2.24, 2.45) is 0 Å². The van der Waals surface area contributed by atoms with Crippen molar-refractivity contribution in [1.82, 2.24) is 14.5 Å². The van der Waals surface area contributed by atoms with Gasteiger partial charge in [-0.1, -0.05) is 29.8 Å². The summed E-state index contributed by atoms with van der Waals surface area (Å²) in [5.74, 6) is 0.182. The van der Waals surface area contributed by atoms with Gasteiger partial charge in [0.25, 0.3) is 5.56 Å². The summed E-state index contributed by atoms with van der Waals surface area (Å²) >= 11 is 6.02. The van der Waals surface area contributed by atoms with Crippen LogP contribution in [-0.2, 0) is 6.54 Å². The monoisotopic (exact) mass is 399 g/mol. The number of nitrogens with zero attached hydrogens (tertiary/aromatic N) is 4. The lowest BCUT2D eigenvalue weighted by Crippen LogP contribution is -2.11. The molecule has 0 saturated carbocycles. The lowest BCUT2D eigenvalue weighted by atomic mass is 10.1. The van der Waals surface area contributed by atoms with Crippen molar-refractivity contribution in [2.75, 3.05) is 0 Å². The number of H-pyrrole nitrogens is 1. The Labute approximate surface area is 170 Å². The number of benzene rings is 2. The van der Waals surface area contributed by atoms with E-state index in [0.29, 0.717) is 28.9 Å². The van der Waals surface area contributed by atoms with E-state index in [1.807, 2.05) is 35.0 Å². The molecule has 0 spiro atoms. The van der Waals surface area contributed by atoms with Crippen LogP contribution in [0.25, 0.3) is 33.5 Å². The van der Waals surface area contributed by atoms with Gasteiger partial charge in [0.15, 0.2) is 5.82 Å². The Hall–Kier alpha value is -3.87. The van der Waals surface area contributed by atoms with Crippen LogP contribution in [0, 0.1) is 22.7 Å². The maximum Gasteiger partial charge on any atom is 0.259 e. The standard InChI is InChI=1S/C22H14ClN5O/c23-16-6-7-18-19(11-16)26-21(27-22(18)29)14(12-25)10-15-13-28(9-3-8-24)20-5-2-1-4-17(15)20/h1-2,4-7,10-11,13H,3,9H2,(H,26,27,29)/b14-10+. The zero-order chi connectivity index (χ0) is 20.4. The number of para-hydroxylation sites is 1. The molecular formula is C22H14ClN5O. The fourth-order valence-electron chi connectivity index (χ4n) is 3.29. The first-order chi connectivity index (χ1) is 14.1. The van der Waals surface area contributed by atoms with E-state index in [-0.39, 0.29) is 17.0 Å². The normalized spacial score (nSPS) is 11.5. The molecule has 0 radical (unpaired) electrons. The highest BCUT2D eigenvalue weighted by molar-refractivity contribution is 6.31. The number of aromatic nitrogens is 3. The number of allylic oxidation sites excluding steroid dienone is 1. The molecule has 2 heterocycles. The zero-order valence-corrected chi connectivity index (χ0v) is 15.9. The molecule has 0 fully saturated rings. The van der Waals surface area contributed by atoms with Gasteiger partial charge in [0.05, 0.1) is 29.0 Å². The summed E-state index contributed by atoms with van der Waals surface area (Å²) in [4.78, 5) is 19.5. The van der Waals surface area contributed by atoms with Crippen LogP contribution < -0.4 is 5.56 Å². The average Bonchev–Trinajstić information content (AvgIpc) is 3.07. The molecule has 6 nitrogen and oxygen atoms in total. The molecule has 4 aromatic rings. The second-order valence-corrected chi connectivity index (χ2v) is 6.89. The predicted octanol–water partition coefficient (Wildman–Crippen LogP) is 4.51. The molecule has 29 heavy (non-hydrogen) atoms. The number of rotatable bonds is 4. The van der Waals surface area contributed by atoms with Gasteiger partial charge in [-0.25, -0.2) is 4.98 Å². The second kappa shape index (κ2) is 7.63. The van der Waals surface area contributed by atoms with Gasteiger partial charge in [-0.15, -0.1) is 0 Å². The van der Waals surface area contributed by atoms with E-state index in [2.05, 4.69) is 22.1 Å². The summed E-state index contributed by atoms with van der Waals surface area (Å²) < 4.78 is 1.98. The third-order valence-corrected chi connectivity index (χ3v) is 4.86. The summed E-state index contributed by atoms with van der Waals surface area (Å²) in [6, 6.07) is 16.9. The Balaban J connectivity index is 1.87. The number of aromatic amines is 1. The van der Waals surface area contributed by atoms with E-state index >= 15 is 0 Å². The topological polar surface area (TPSA) is 98.3 Å².